The van der Waals surface area contributed by atoms with E-state index in [0.29, 0.717) is 24.4 Å². The summed E-state index contributed by atoms with van der Waals surface area (Å²) < 4.78 is 0. The minimum atomic E-state index is -0.538. The predicted molar refractivity (Wildman–Crippen MR) is 90.0 cm³/mol. The molecule has 2 N–H and O–H groups in total. The number of halogens is 1. The van der Waals surface area contributed by atoms with Gasteiger partial charge in [0.1, 0.15) is 6.04 Å². The van der Waals surface area contributed by atoms with Crippen molar-refractivity contribution in [3.63, 3.8) is 0 Å². The lowest BCUT2D eigenvalue weighted by Gasteiger charge is -2.29. The van der Waals surface area contributed by atoms with E-state index in [4.69, 9.17) is 0 Å². The van der Waals surface area contributed by atoms with Crippen LogP contribution in [0.15, 0.2) is 18.2 Å². The van der Waals surface area contributed by atoms with Gasteiger partial charge in [0.05, 0.1) is 0 Å². The zero-order chi connectivity index (χ0) is 16.0. The SMILES string of the molecule is Cl.O=C1CCC(N2Cc3cc(C4CCNC4)ccc3C2=O)C(=O)N1. The maximum atomic E-state index is 12.6. The van der Waals surface area contributed by atoms with Crippen LogP contribution in [0.25, 0.3) is 0 Å². The molecule has 0 aliphatic carbocycles. The molecule has 1 aromatic rings. The van der Waals surface area contributed by atoms with Crippen LogP contribution in [-0.2, 0) is 16.1 Å². The Morgan fingerprint density at radius 1 is 1.12 bits per heavy atom. The summed E-state index contributed by atoms with van der Waals surface area (Å²) in [4.78, 5) is 37.5. The van der Waals surface area contributed by atoms with Crippen LogP contribution in [0.3, 0.4) is 0 Å². The van der Waals surface area contributed by atoms with E-state index >= 15 is 0 Å². The third-order valence-corrected chi connectivity index (χ3v) is 5.08. The molecule has 2 unspecified atom stereocenters. The maximum Gasteiger partial charge on any atom is 0.255 e. The molecule has 2 atom stereocenters. The number of nitrogens with one attached hydrogen (secondary N) is 2. The molecule has 6 nitrogen and oxygen atoms in total. The molecule has 2 saturated heterocycles. The highest BCUT2D eigenvalue weighted by Crippen LogP contribution is 2.31. The fraction of sp³-hybridized carbons (Fsp3) is 0.471. The molecular weight excluding hydrogens is 330 g/mol. The van der Waals surface area contributed by atoms with Crippen LogP contribution < -0.4 is 10.6 Å². The minimum absolute atomic E-state index is 0. The average molecular weight is 350 g/mol. The molecule has 3 aliphatic heterocycles. The third-order valence-electron chi connectivity index (χ3n) is 5.08. The lowest BCUT2D eigenvalue weighted by molar-refractivity contribution is -0.136. The molecule has 4 rings (SSSR count). The van der Waals surface area contributed by atoms with Gasteiger partial charge in [-0.05, 0) is 42.5 Å². The standard InChI is InChI=1S/C17H19N3O3.ClH/c21-15-4-3-14(16(22)19-15)20-9-12-7-10(11-5-6-18-8-11)1-2-13(12)17(20)23;/h1-2,7,11,14,18H,3-6,8-9H2,(H,19,21,22);1H. The Bertz CT molecular complexity index is 700. The fourth-order valence-corrected chi connectivity index (χ4v) is 3.79. The van der Waals surface area contributed by atoms with E-state index in [-0.39, 0.29) is 36.5 Å². The second-order valence-electron chi connectivity index (χ2n) is 6.51. The van der Waals surface area contributed by atoms with Gasteiger partial charge in [0.25, 0.3) is 5.91 Å². The van der Waals surface area contributed by atoms with Gasteiger partial charge in [0.2, 0.25) is 11.8 Å². The van der Waals surface area contributed by atoms with Gasteiger partial charge in [-0.25, -0.2) is 0 Å². The number of nitrogens with zero attached hydrogens (tertiary/aromatic N) is 1. The van der Waals surface area contributed by atoms with Gasteiger partial charge < -0.3 is 10.2 Å². The van der Waals surface area contributed by atoms with Crippen molar-refractivity contribution < 1.29 is 14.4 Å². The van der Waals surface area contributed by atoms with Gasteiger partial charge in [-0.1, -0.05) is 12.1 Å². The van der Waals surface area contributed by atoms with E-state index in [1.54, 1.807) is 4.90 Å². The second kappa shape index (κ2) is 6.53. The highest BCUT2D eigenvalue weighted by atomic mass is 35.5. The minimum Gasteiger partial charge on any atom is -0.322 e. The topological polar surface area (TPSA) is 78.5 Å². The Labute approximate surface area is 146 Å². The first-order chi connectivity index (χ1) is 11.1. The summed E-state index contributed by atoms with van der Waals surface area (Å²) >= 11 is 0. The van der Waals surface area contributed by atoms with Crippen molar-refractivity contribution in [2.24, 2.45) is 0 Å². The molecule has 3 heterocycles. The van der Waals surface area contributed by atoms with Crippen molar-refractivity contribution in [1.82, 2.24) is 15.5 Å². The highest BCUT2D eigenvalue weighted by Gasteiger charge is 2.39. The monoisotopic (exact) mass is 349 g/mol. The number of carbonyl (C=O) groups excluding carboxylic acids is 3. The summed E-state index contributed by atoms with van der Waals surface area (Å²) in [6.07, 6.45) is 1.81. The molecule has 2 fully saturated rings. The summed E-state index contributed by atoms with van der Waals surface area (Å²) in [5.74, 6) is -0.222. The van der Waals surface area contributed by atoms with Crippen molar-refractivity contribution in [1.29, 1.82) is 0 Å². The second-order valence-corrected chi connectivity index (χ2v) is 6.51. The number of fused-ring (bicyclic) bond motifs is 1. The Balaban J connectivity index is 0.00000169. The van der Waals surface area contributed by atoms with Gasteiger partial charge in [-0.3, -0.25) is 19.7 Å². The molecule has 3 amide bonds. The number of imide groups is 1. The summed E-state index contributed by atoms with van der Waals surface area (Å²) in [7, 11) is 0. The van der Waals surface area contributed by atoms with Crippen molar-refractivity contribution in [3.05, 3.63) is 34.9 Å². The number of benzene rings is 1. The number of amides is 3. The first-order valence-electron chi connectivity index (χ1n) is 8.11. The number of rotatable bonds is 2. The van der Waals surface area contributed by atoms with Crippen molar-refractivity contribution >= 4 is 30.1 Å². The van der Waals surface area contributed by atoms with E-state index in [1.165, 1.54) is 5.56 Å². The molecule has 0 spiro atoms. The van der Waals surface area contributed by atoms with Gasteiger partial charge in [0, 0.05) is 25.1 Å². The van der Waals surface area contributed by atoms with E-state index < -0.39 is 6.04 Å². The van der Waals surface area contributed by atoms with Crippen LogP contribution in [0.4, 0.5) is 0 Å². The van der Waals surface area contributed by atoms with Crippen LogP contribution in [0.1, 0.15) is 46.7 Å². The van der Waals surface area contributed by atoms with Gasteiger partial charge in [-0.15, -0.1) is 12.4 Å². The zero-order valence-corrected chi connectivity index (χ0v) is 14.0. The Hall–Kier alpha value is -1.92. The molecule has 0 bridgehead atoms. The lowest BCUT2D eigenvalue weighted by Crippen LogP contribution is -2.52. The quantitative estimate of drug-likeness (QED) is 0.779. The lowest BCUT2D eigenvalue weighted by atomic mass is 9.95. The fourth-order valence-electron chi connectivity index (χ4n) is 3.79. The average Bonchev–Trinajstić information content (AvgIpc) is 3.16. The molecule has 1 aromatic carbocycles. The molecular formula is C17H20ClN3O3. The van der Waals surface area contributed by atoms with E-state index in [9.17, 15) is 14.4 Å². The van der Waals surface area contributed by atoms with Crippen molar-refractivity contribution in [3.8, 4) is 0 Å². The number of hydrogen-bond donors (Lipinski definition) is 2. The summed E-state index contributed by atoms with van der Waals surface area (Å²) in [6.45, 7) is 2.46. The van der Waals surface area contributed by atoms with Crippen LogP contribution in [-0.4, -0.2) is 41.8 Å². The van der Waals surface area contributed by atoms with Crippen LogP contribution in [0.2, 0.25) is 0 Å². The molecule has 3 aliphatic rings. The Morgan fingerprint density at radius 3 is 2.67 bits per heavy atom. The summed E-state index contributed by atoms with van der Waals surface area (Å²) in [5, 5.41) is 5.69. The Kier molecular flexibility index (Phi) is 4.60. The molecule has 0 radical (unpaired) electrons. The number of piperidine rings is 1. The molecule has 0 aromatic heterocycles. The smallest absolute Gasteiger partial charge is 0.255 e. The molecule has 0 saturated carbocycles. The summed E-state index contributed by atoms with van der Waals surface area (Å²) in [6, 6.07) is 5.49. The summed E-state index contributed by atoms with van der Waals surface area (Å²) in [5.41, 5.74) is 2.93. The van der Waals surface area contributed by atoms with Gasteiger partial charge in [0.15, 0.2) is 0 Å². The third kappa shape index (κ3) is 2.80. The van der Waals surface area contributed by atoms with Crippen LogP contribution in [0, 0.1) is 0 Å². The van der Waals surface area contributed by atoms with Crippen molar-refractivity contribution in [2.45, 2.75) is 37.8 Å². The van der Waals surface area contributed by atoms with Crippen LogP contribution >= 0.6 is 12.4 Å². The zero-order valence-electron chi connectivity index (χ0n) is 13.2. The molecule has 128 valence electrons. The first kappa shape index (κ1) is 16.9. The number of hydrogen-bond acceptors (Lipinski definition) is 4. The first-order valence-corrected chi connectivity index (χ1v) is 8.11. The van der Waals surface area contributed by atoms with Crippen molar-refractivity contribution in [2.75, 3.05) is 13.1 Å². The number of carbonyl (C=O) groups is 3. The highest BCUT2D eigenvalue weighted by molar-refractivity contribution is 6.05. The molecule has 24 heavy (non-hydrogen) atoms. The van der Waals surface area contributed by atoms with E-state index in [1.807, 2.05) is 12.1 Å². The molecule has 7 heteroatoms. The van der Waals surface area contributed by atoms with E-state index in [2.05, 4.69) is 16.7 Å². The largest absolute Gasteiger partial charge is 0.322 e. The van der Waals surface area contributed by atoms with Gasteiger partial charge in [-0.2, -0.15) is 0 Å². The van der Waals surface area contributed by atoms with E-state index in [0.717, 1.165) is 25.1 Å². The normalized spacial score (nSPS) is 26.2. The van der Waals surface area contributed by atoms with Crippen LogP contribution in [0.5, 0.6) is 0 Å². The predicted octanol–water partition coefficient (Wildman–Crippen LogP) is 0.946. The maximum absolute atomic E-state index is 12.6. The van der Waals surface area contributed by atoms with Gasteiger partial charge >= 0.3 is 0 Å². The Morgan fingerprint density at radius 2 is 1.96 bits per heavy atom.